The second kappa shape index (κ2) is 14.2. The molecular formula is C51H34N6O. The Bertz CT molecular complexity index is 3230. The van der Waals surface area contributed by atoms with Gasteiger partial charge in [-0.2, -0.15) is 0 Å². The lowest BCUT2D eigenvalue weighted by Crippen LogP contribution is -2.22. The van der Waals surface area contributed by atoms with Crippen LogP contribution in [0.2, 0.25) is 0 Å². The molecule has 10 aromatic rings. The van der Waals surface area contributed by atoms with Gasteiger partial charge in [0.05, 0.1) is 16.7 Å². The number of nitrogens with one attached hydrogen (secondary N) is 1. The summed E-state index contributed by atoms with van der Waals surface area (Å²) in [6.45, 7) is 8.75. The van der Waals surface area contributed by atoms with Gasteiger partial charge in [-0.15, -0.1) is 0 Å². The van der Waals surface area contributed by atoms with Crippen LogP contribution in [0.15, 0.2) is 199 Å². The van der Waals surface area contributed by atoms with Gasteiger partial charge in [0.15, 0.2) is 17.5 Å². The van der Waals surface area contributed by atoms with Gasteiger partial charge >= 0.3 is 0 Å². The second-order valence-electron chi connectivity index (χ2n) is 14.1. The van der Waals surface area contributed by atoms with Gasteiger partial charge in [0.1, 0.15) is 5.84 Å². The molecule has 0 radical (unpaired) electrons. The molecule has 7 aromatic carbocycles. The summed E-state index contributed by atoms with van der Waals surface area (Å²) in [6.07, 6.45) is 0. The van der Waals surface area contributed by atoms with Crippen LogP contribution < -0.4 is 10.9 Å². The topological polar surface area (TPSA) is 84.5 Å². The van der Waals surface area contributed by atoms with E-state index < -0.39 is 0 Å². The number of aromatic nitrogens is 4. The van der Waals surface area contributed by atoms with Crippen LogP contribution in [0.3, 0.4) is 0 Å². The zero-order valence-corrected chi connectivity index (χ0v) is 31.3. The van der Waals surface area contributed by atoms with E-state index in [1.165, 1.54) is 0 Å². The summed E-state index contributed by atoms with van der Waals surface area (Å²) in [7, 11) is 0. The standard InChI is InChI=1S/C51H34N6O/c1-32(34-17-7-3-8-18-34)52-47(35-19-9-4-10-20-35)53-33(2)38-27-28-45-42(29-38)44-31-39(30-43-40-25-15-16-26-41(40)51(58)57(45)46(43)44)50-55-48(36-21-11-5-12-22-36)54-49(56-50)37-23-13-6-14-24-37/h3-31H,1-2H2,(H,52,53). The fourth-order valence-corrected chi connectivity index (χ4v) is 7.65. The van der Waals surface area contributed by atoms with Crippen molar-refractivity contribution in [3.05, 3.63) is 216 Å². The van der Waals surface area contributed by atoms with Crippen molar-refractivity contribution in [3.8, 4) is 34.2 Å². The molecule has 10 rings (SSSR count). The molecule has 0 fully saturated rings. The van der Waals surface area contributed by atoms with Gasteiger partial charge < -0.3 is 5.32 Å². The highest BCUT2D eigenvalue weighted by atomic mass is 16.1. The Morgan fingerprint density at radius 2 is 0.983 bits per heavy atom. The van der Waals surface area contributed by atoms with Crippen LogP contribution in [-0.4, -0.2) is 25.2 Å². The Morgan fingerprint density at radius 3 is 1.59 bits per heavy atom. The molecule has 0 unspecified atom stereocenters. The number of hydrogen-bond donors (Lipinski definition) is 1. The maximum atomic E-state index is 14.3. The first kappa shape index (κ1) is 34.5. The van der Waals surface area contributed by atoms with Gasteiger partial charge in [-0.1, -0.05) is 159 Å². The molecule has 0 saturated heterocycles. The van der Waals surface area contributed by atoms with Gasteiger partial charge in [0, 0.05) is 49.5 Å². The zero-order valence-electron chi connectivity index (χ0n) is 31.3. The number of fused-ring (bicyclic) bond motifs is 5. The van der Waals surface area contributed by atoms with Gasteiger partial charge in [0.2, 0.25) is 0 Å². The van der Waals surface area contributed by atoms with Crippen molar-refractivity contribution in [1.29, 1.82) is 0 Å². The fourth-order valence-electron chi connectivity index (χ4n) is 7.65. The molecule has 58 heavy (non-hydrogen) atoms. The Balaban J connectivity index is 1.17. The lowest BCUT2D eigenvalue weighted by Gasteiger charge is -2.14. The summed E-state index contributed by atoms with van der Waals surface area (Å²) in [5.41, 5.74) is 8.07. The van der Waals surface area contributed by atoms with E-state index >= 15 is 0 Å². The van der Waals surface area contributed by atoms with Crippen LogP contribution in [0.5, 0.6) is 0 Å². The first-order valence-electron chi connectivity index (χ1n) is 19.0. The second-order valence-corrected chi connectivity index (χ2v) is 14.1. The highest BCUT2D eigenvalue weighted by molar-refractivity contribution is 6.22. The molecule has 7 nitrogen and oxygen atoms in total. The van der Waals surface area contributed by atoms with Crippen LogP contribution in [0.4, 0.5) is 0 Å². The molecule has 0 aliphatic heterocycles. The minimum absolute atomic E-state index is 0.0728. The summed E-state index contributed by atoms with van der Waals surface area (Å²) in [6, 6.07) is 57.8. The number of rotatable bonds is 8. The highest BCUT2D eigenvalue weighted by Gasteiger charge is 2.21. The molecule has 1 N–H and O–H groups in total. The predicted molar refractivity (Wildman–Crippen MR) is 238 cm³/mol. The van der Waals surface area contributed by atoms with Crippen molar-refractivity contribution in [2.75, 3.05) is 0 Å². The smallest absolute Gasteiger partial charge is 0.263 e. The van der Waals surface area contributed by atoms with Crippen LogP contribution in [0, 0.1) is 0 Å². The molecule has 3 aromatic heterocycles. The van der Waals surface area contributed by atoms with Crippen molar-refractivity contribution < 1.29 is 0 Å². The Morgan fingerprint density at radius 1 is 0.483 bits per heavy atom. The SMILES string of the molecule is C=C(N=C(NC(=C)c1ccc2c(c1)c1cc(-c3nc(-c4ccccc4)nc(-c4ccccc4)n3)cc3c4ccccc4c(=O)n2c31)c1ccccc1)c1ccccc1. The lowest BCUT2D eigenvalue weighted by atomic mass is 10.00. The van der Waals surface area contributed by atoms with Crippen LogP contribution in [-0.2, 0) is 0 Å². The van der Waals surface area contributed by atoms with Crippen molar-refractivity contribution >= 4 is 55.2 Å². The molecular weight excluding hydrogens is 713 g/mol. The Hall–Kier alpha value is -8.03. The summed E-state index contributed by atoms with van der Waals surface area (Å²) in [5, 5.41) is 7.73. The van der Waals surface area contributed by atoms with E-state index in [4.69, 9.17) is 19.9 Å². The number of benzene rings is 7. The molecule has 274 valence electrons. The summed E-state index contributed by atoms with van der Waals surface area (Å²) < 4.78 is 1.84. The molecule has 0 atom stereocenters. The van der Waals surface area contributed by atoms with Crippen LogP contribution in [0.25, 0.3) is 83.5 Å². The third kappa shape index (κ3) is 6.08. The summed E-state index contributed by atoms with van der Waals surface area (Å²) >= 11 is 0. The monoisotopic (exact) mass is 746 g/mol. The average molecular weight is 747 g/mol. The van der Waals surface area contributed by atoms with Crippen LogP contribution in [0.1, 0.15) is 16.7 Å². The van der Waals surface area contributed by atoms with E-state index in [1.807, 2.05) is 162 Å². The highest BCUT2D eigenvalue weighted by Crippen LogP contribution is 2.38. The Labute approximate surface area is 334 Å². The summed E-state index contributed by atoms with van der Waals surface area (Å²) in [4.78, 5) is 34.4. The van der Waals surface area contributed by atoms with Crippen molar-refractivity contribution in [3.63, 3.8) is 0 Å². The quantitative estimate of drug-likeness (QED) is 0.0951. The molecule has 0 saturated carbocycles. The van der Waals surface area contributed by atoms with Gasteiger partial charge in [-0.05, 0) is 46.8 Å². The average Bonchev–Trinajstić information content (AvgIpc) is 3.63. The van der Waals surface area contributed by atoms with E-state index in [0.29, 0.717) is 40.1 Å². The molecule has 0 bridgehead atoms. The number of amidine groups is 1. The summed E-state index contributed by atoms with van der Waals surface area (Å²) in [5.74, 6) is 2.30. The molecule has 0 aliphatic carbocycles. The third-order valence-electron chi connectivity index (χ3n) is 10.5. The Kier molecular flexibility index (Phi) is 8.46. The van der Waals surface area contributed by atoms with E-state index in [1.54, 1.807) is 0 Å². The third-order valence-corrected chi connectivity index (χ3v) is 10.5. The fraction of sp³-hybridized carbons (Fsp3) is 0. The number of aliphatic imine (C=N–C) groups is 1. The van der Waals surface area contributed by atoms with E-state index in [0.717, 1.165) is 66.0 Å². The van der Waals surface area contributed by atoms with Gasteiger partial charge in [0.25, 0.3) is 5.56 Å². The van der Waals surface area contributed by atoms with Gasteiger partial charge in [-0.25, -0.2) is 19.9 Å². The van der Waals surface area contributed by atoms with E-state index in [2.05, 4.69) is 36.7 Å². The molecule has 0 aliphatic rings. The molecule has 7 heteroatoms. The van der Waals surface area contributed by atoms with E-state index in [9.17, 15) is 4.79 Å². The first-order valence-corrected chi connectivity index (χ1v) is 19.0. The minimum atomic E-state index is -0.0728. The zero-order chi connectivity index (χ0) is 39.2. The normalized spacial score (nSPS) is 11.8. The largest absolute Gasteiger partial charge is 0.340 e. The molecule has 3 heterocycles. The number of pyridine rings is 1. The number of nitrogens with zero attached hydrogens (tertiary/aromatic N) is 5. The lowest BCUT2D eigenvalue weighted by molar-refractivity contribution is 1.07. The molecule has 0 spiro atoms. The van der Waals surface area contributed by atoms with Crippen molar-refractivity contribution in [2.24, 2.45) is 4.99 Å². The predicted octanol–water partition coefficient (Wildman–Crippen LogP) is 11.1. The number of hydrogen-bond acceptors (Lipinski definition) is 5. The van der Waals surface area contributed by atoms with Crippen molar-refractivity contribution in [1.82, 2.24) is 24.7 Å². The first-order chi connectivity index (χ1) is 28.5. The maximum Gasteiger partial charge on any atom is 0.263 e. The molecule has 0 amide bonds. The van der Waals surface area contributed by atoms with Crippen molar-refractivity contribution in [2.45, 2.75) is 0 Å². The minimum Gasteiger partial charge on any atom is -0.340 e. The van der Waals surface area contributed by atoms with Crippen LogP contribution >= 0.6 is 0 Å². The maximum absolute atomic E-state index is 14.3. The van der Waals surface area contributed by atoms with E-state index in [-0.39, 0.29) is 5.56 Å². The van der Waals surface area contributed by atoms with Gasteiger partial charge in [-0.3, -0.25) is 9.20 Å².